The van der Waals surface area contributed by atoms with Crippen LogP contribution in [0.15, 0.2) is 24.3 Å². The van der Waals surface area contributed by atoms with Crippen molar-refractivity contribution in [3.63, 3.8) is 0 Å². The monoisotopic (exact) mass is 367 g/mol. The Morgan fingerprint density at radius 1 is 0.889 bits per heavy atom. The highest BCUT2D eigenvalue weighted by molar-refractivity contribution is 5.96. The highest BCUT2D eigenvalue weighted by Crippen LogP contribution is 2.17. The maximum atomic E-state index is 12.8. The van der Waals surface area contributed by atoms with Crippen LogP contribution in [-0.2, 0) is 18.3 Å². The number of rotatable bonds is 3. The lowest BCUT2D eigenvalue weighted by Crippen LogP contribution is -2.51. The van der Waals surface area contributed by atoms with E-state index >= 15 is 0 Å². The summed E-state index contributed by atoms with van der Waals surface area (Å²) in [4.78, 5) is 29.2. The molecule has 2 heterocycles. The third-order valence-corrected chi connectivity index (χ3v) is 5.85. The third kappa shape index (κ3) is 3.92. The van der Waals surface area contributed by atoms with E-state index < -0.39 is 0 Å². The molecule has 144 valence electrons. The lowest BCUT2D eigenvalue weighted by Gasteiger charge is -2.35. The maximum absolute atomic E-state index is 12.8. The van der Waals surface area contributed by atoms with E-state index in [4.69, 9.17) is 0 Å². The van der Waals surface area contributed by atoms with Gasteiger partial charge in [0.1, 0.15) is 0 Å². The molecule has 1 aliphatic rings. The molecule has 0 saturated carbocycles. The molecular formula is C22H29N3O2. The van der Waals surface area contributed by atoms with Crippen molar-refractivity contribution in [2.24, 2.45) is 7.05 Å². The van der Waals surface area contributed by atoms with Gasteiger partial charge in [-0.15, -0.1) is 0 Å². The number of carbonyl (C=O) groups is 2. The third-order valence-electron chi connectivity index (χ3n) is 5.85. The number of nitrogens with zero attached hydrogens (tertiary/aromatic N) is 3. The zero-order valence-corrected chi connectivity index (χ0v) is 17.0. The van der Waals surface area contributed by atoms with Crippen molar-refractivity contribution in [2.45, 2.75) is 34.1 Å². The summed E-state index contributed by atoms with van der Waals surface area (Å²) in [6, 6.07) is 8.14. The summed E-state index contributed by atoms with van der Waals surface area (Å²) in [5.41, 5.74) is 6.35. The van der Waals surface area contributed by atoms with E-state index in [1.165, 1.54) is 11.1 Å². The average Bonchev–Trinajstić information content (AvgIpc) is 2.91. The summed E-state index contributed by atoms with van der Waals surface area (Å²) in [5, 5.41) is 0. The Balaban J connectivity index is 1.59. The average molecular weight is 367 g/mol. The molecular weight excluding hydrogens is 338 g/mol. The van der Waals surface area contributed by atoms with Gasteiger partial charge in [0.25, 0.3) is 5.91 Å². The van der Waals surface area contributed by atoms with Gasteiger partial charge in [-0.25, -0.2) is 0 Å². The molecule has 0 bridgehead atoms. The predicted molar refractivity (Wildman–Crippen MR) is 107 cm³/mol. The SMILES string of the molecule is Cc1ccc(CC(=O)N2CCN(C(=O)c3cc(C)n(C)c3C)CC2)cc1C. The predicted octanol–water partition coefficient (Wildman–Crippen LogP) is 2.79. The first-order valence-electron chi connectivity index (χ1n) is 9.54. The van der Waals surface area contributed by atoms with Crippen molar-refractivity contribution in [3.8, 4) is 0 Å². The second-order valence-corrected chi connectivity index (χ2v) is 7.61. The smallest absolute Gasteiger partial charge is 0.255 e. The van der Waals surface area contributed by atoms with Gasteiger partial charge in [-0.2, -0.15) is 0 Å². The van der Waals surface area contributed by atoms with E-state index in [-0.39, 0.29) is 11.8 Å². The quantitative estimate of drug-likeness (QED) is 0.837. The molecule has 1 aliphatic heterocycles. The van der Waals surface area contributed by atoms with E-state index in [9.17, 15) is 9.59 Å². The van der Waals surface area contributed by atoms with Crippen LogP contribution in [0.2, 0.25) is 0 Å². The van der Waals surface area contributed by atoms with Crippen LogP contribution in [0.5, 0.6) is 0 Å². The molecule has 1 aromatic carbocycles. The number of carbonyl (C=O) groups excluding carboxylic acids is 2. The lowest BCUT2D eigenvalue weighted by atomic mass is 10.0. The van der Waals surface area contributed by atoms with Gasteiger partial charge in [0.2, 0.25) is 5.91 Å². The number of benzene rings is 1. The first-order valence-corrected chi connectivity index (χ1v) is 9.54. The van der Waals surface area contributed by atoms with Crippen LogP contribution in [0.3, 0.4) is 0 Å². The molecule has 1 saturated heterocycles. The molecule has 27 heavy (non-hydrogen) atoms. The molecule has 5 nitrogen and oxygen atoms in total. The van der Waals surface area contributed by atoms with Gasteiger partial charge in [-0.05, 0) is 50.5 Å². The van der Waals surface area contributed by atoms with Gasteiger partial charge in [0.05, 0.1) is 12.0 Å². The van der Waals surface area contributed by atoms with Gasteiger partial charge in [0, 0.05) is 44.6 Å². The molecule has 0 spiro atoms. The fraction of sp³-hybridized carbons (Fsp3) is 0.455. The Hall–Kier alpha value is -2.56. The number of hydrogen-bond acceptors (Lipinski definition) is 2. The Morgan fingerprint density at radius 2 is 1.52 bits per heavy atom. The maximum Gasteiger partial charge on any atom is 0.255 e. The number of amides is 2. The number of aromatic nitrogens is 1. The highest BCUT2D eigenvalue weighted by Gasteiger charge is 2.26. The number of hydrogen-bond donors (Lipinski definition) is 0. The van der Waals surface area contributed by atoms with Crippen LogP contribution in [0.25, 0.3) is 0 Å². The highest BCUT2D eigenvalue weighted by atomic mass is 16.2. The zero-order chi connectivity index (χ0) is 19.7. The van der Waals surface area contributed by atoms with Gasteiger partial charge in [-0.3, -0.25) is 9.59 Å². The molecule has 3 rings (SSSR count). The van der Waals surface area contributed by atoms with Crippen molar-refractivity contribution in [1.29, 1.82) is 0 Å². The van der Waals surface area contributed by atoms with Crippen LogP contribution < -0.4 is 0 Å². The number of piperazine rings is 1. The Kier molecular flexibility index (Phi) is 5.40. The first-order chi connectivity index (χ1) is 12.8. The zero-order valence-electron chi connectivity index (χ0n) is 17.0. The number of aryl methyl sites for hydroxylation is 3. The minimum Gasteiger partial charge on any atom is -0.351 e. The summed E-state index contributed by atoms with van der Waals surface area (Å²) in [6.45, 7) is 10.5. The summed E-state index contributed by atoms with van der Waals surface area (Å²) >= 11 is 0. The van der Waals surface area contributed by atoms with Crippen molar-refractivity contribution in [3.05, 3.63) is 57.9 Å². The summed E-state index contributed by atoms with van der Waals surface area (Å²) in [5.74, 6) is 0.203. The van der Waals surface area contributed by atoms with Gasteiger partial charge >= 0.3 is 0 Å². The lowest BCUT2D eigenvalue weighted by molar-refractivity contribution is -0.131. The second kappa shape index (κ2) is 7.59. The van der Waals surface area contributed by atoms with E-state index in [1.54, 1.807) is 0 Å². The molecule has 1 fully saturated rings. The fourth-order valence-electron chi connectivity index (χ4n) is 3.60. The molecule has 1 aromatic heterocycles. The van der Waals surface area contributed by atoms with E-state index in [0.29, 0.717) is 32.6 Å². The van der Waals surface area contributed by atoms with Gasteiger partial charge in [-0.1, -0.05) is 18.2 Å². The van der Waals surface area contributed by atoms with Crippen LogP contribution in [0.4, 0.5) is 0 Å². The first kappa shape index (κ1) is 19.2. The molecule has 2 amide bonds. The fourth-order valence-corrected chi connectivity index (χ4v) is 3.60. The van der Waals surface area contributed by atoms with E-state index in [0.717, 1.165) is 22.5 Å². The van der Waals surface area contributed by atoms with Crippen molar-refractivity contribution in [1.82, 2.24) is 14.4 Å². The van der Waals surface area contributed by atoms with Gasteiger partial charge in [0.15, 0.2) is 0 Å². The van der Waals surface area contributed by atoms with Crippen LogP contribution in [0.1, 0.15) is 38.4 Å². The van der Waals surface area contributed by atoms with Crippen molar-refractivity contribution in [2.75, 3.05) is 26.2 Å². The molecule has 0 atom stereocenters. The van der Waals surface area contributed by atoms with E-state index in [1.807, 2.05) is 47.4 Å². The van der Waals surface area contributed by atoms with Gasteiger partial charge < -0.3 is 14.4 Å². The topological polar surface area (TPSA) is 45.6 Å². The Morgan fingerprint density at radius 3 is 2.07 bits per heavy atom. The summed E-state index contributed by atoms with van der Waals surface area (Å²) in [6.07, 6.45) is 0.423. The second-order valence-electron chi connectivity index (χ2n) is 7.61. The van der Waals surface area contributed by atoms with Crippen LogP contribution in [0, 0.1) is 27.7 Å². The molecule has 5 heteroatoms. The van der Waals surface area contributed by atoms with Crippen molar-refractivity contribution >= 4 is 11.8 Å². The Bertz CT molecular complexity index is 874. The molecule has 2 aromatic rings. The van der Waals surface area contributed by atoms with E-state index in [2.05, 4.69) is 26.0 Å². The molecule has 0 radical (unpaired) electrons. The minimum absolute atomic E-state index is 0.0671. The molecule has 0 N–H and O–H groups in total. The van der Waals surface area contributed by atoms with Crippen molar-refractivity contribution < 1.29 is 9.59 Å². The van der Waals surface area contributed by atoms with Crippen LogP contribution in [-0.4, -0.2) is 52.4 Å². The minimum atomic E-state index is 0.0671. The Labute approximate surface area is 161 Å². The largest absolute Gasteiger partial charge is 0.351 e. The summed E-state index contributed by atoms with van der Waals surface area (Å²) < 4.78 is 2.04. The summed E-state index contributed by atoms with van der Waals surface area (Å²) in [7, 11) is 1.98. The standard InChI is InChI=1S/C22H29N3O2/c1-15-6-7-19(12-16(15)2)14-21(26)24-8-10-25(11-9-24)22(27)20-13-17(3)23(5)18(20)4/h6-7,12-13H,8-11,14H2,1-5H3. The normalized spacial score (nSPS) is 14.6. The molecule has 0 aliphatic carbocycles. The van der Waals surface area contributed by atoms with Crippen LogP contribution >= 0.6 is 0 Å². The molecule has 0 unspecified atom stereocenters.